The number of esters is 1. The summed E-state index contributed by atoms with van der Waals surface area (Å²) in [7, 11) is 0. The number of aliphatic hydroxyl groups excluding tert-OH is 2. The predicted molar refractivity (Wildman–Crippen MR) is 352 cm³/mol. The maximum Gasteiger partial charge on any atom is 0.305 e. The van der Waals surface area contributed by atoms with Gasteiger partial charge < -0.3 is 20.3 Å². The monoisotopic (exact) mass is 1120 g/mol. The Hall–Kier alpha value is -1.92. The van der Waals surface area contributed by atoms with Gasteiger partial charge in [0.05, 0.1) is 25.4 Å². The third-order valence-corrected chi connectivity index (χ3v) is 16.9. The Labute approximate surface area is 500 Å². The molecule has 0 heterocycles. The normalized spacial score (nSPS) is 12.7. The second kappa shape index (κ2) is 69.6. The molecule has 80 heavy (non-hydrogen) atoms. The van der Waals surface area contributed by atoms with Crippen LogP contribution >= 0.6 is 0 Å². The number of ether oxygens (including phenoxy) is 1. The van der Waals surface area contributed by atoms with Gasteiger partial charge in [0.15, 0.2) is 0 Å². The summed E-state index contributed by atoms with van der Waals surface area (Å²) >= 11 is 0. The van der Waals surface area contributed by atoms with Crippen molar-refractivity contribution < 1.29 is 24.5 Å². The first-order valence-electron chi connectivity index (χ1n) is 36.2. The smallest absolute Gasteiger partial charge is 0.305 e. The molecule has 2 unspecified atom stereocenters. The van der Waals surface area contributed by atoms with Gasteiger partial charge in [0.2, 0.25) is 5.91 Å². The van der Waals surface area contributed by atoms with E-state index in [2.05, 4.69) is 55.6 Å². The molecule has 0 aliphatic heterocycles. The van der Waals surface area contributed by atoms with Crippen LogP contribution in [0.2, 0.25) is 0 Å². The number of aliphatic hydroxyl groups is 2. The summed E-state index contributed by atoms with van der Waals surface area (Å²) in [5.74, 6) is -0.0183. The molecule has 1 amide bonds. The number of allylic oxidation sites excluding steroid dienone is 6. The van der Waals surface area contributed by atoms with Crippen molar-refractivity contribution in [2.45, 2.75) is 411 Å². The quantitative estimate of drug-likeness (QED) is 0.0320. The summed E-state index contributed by atoms with van der Waals surface area (Å²) in [5.41, 5.74) is 0. The van der Waals surface area contributed by atoms with E-state index in [1.54, 1.807) is 0 Å². The lowest BCUT2D eigenvalue weighted by molar-refractivity contribution is -0.143. The van der Waals surface area contributed by atoms with Crippen LogP contribution in [-0.2, 0) is 14.3 Å². The molecule has 2 atom stereocenters. The van der Waals surface area contributed by atoms with Crippen LogP contribution in [0, 0.1) is 0 Å². The summed E-state index contributed by atoms with van der Waals surface area (Å²) in [5, 5.41) is 23.2. The Balaban J connectivity index is 3.35. The molecule has 0 aromatic carbocycles. The summed E-state index contributed by atoms with van der Waals surface area (Å²) in [6.07, 6.45) is 89.3. The minimum absolute atomic E-state index is 0.0142. The van der Waals surface area contributed by atoms with Gasteiger partial charge in [0, 0.05) is 12.8 Å². The second-order valence-electron chi connectivity index (χ2n) is 24.9. The molecule has 0 fully saturated rings. The van der Waals surface area contributed by atoms with Crippen molar-refractivity contribution in [2.24, 2.45) is 0 Å². The van der Waals surface area contributed by atoms with Gasteiger partial charge in [-0.3, -0.25) is 9.59 Å². The molecular weight excluding hydrogens is 983 g/mol. The van der Waals surface area contributed by atoms with Crippen LogP contribution in [0.1, 0.15) is 399 Å². The molecule has 472 valence electrons. The Morgan fingerprint density at radius 1 is 0.350 bits per heavy atom. The maximum atomic E-state index is 12.5. The standard InChI is InChI=1S/C74H141NO5/c1-3-5-7-9-11-13-15-16-17-18-34-38-41-44-48-52-56-60-64-68-74(79)80-69-65-61-57-53-49-45-42-39-36-33-31-29-27-25-23-21-19-20-22-24-26-28-30-32-35-37-40-43-47-51-55-59-63-67-73(78)75-71(70-76)72(77)66-62-58-54-50-46-14-12-10-8-6-4-2/h16-17,23,25,29,31,71-72,76-77H,3-15,18-22,24,26-28,30,32-70H2,1-2H3,(H,75,78)/b17-16-,25-23-,31-29-. The van der Waals surface area contributed by atoms with Crippen LogP contribution in [-0.4, -0.2) is 47.4 Å². The van der Waals surface area contributed by atoms with Crippen LogP contribution in [0.15, 0.2) is 36.5 Å². The number of carbonyl (C=O) groups is 2. The number of hydrogen-bond acceptors (Lipinski definition) is 5. The molecule has 6 nitrogen and oxygen atoms in total. The Morgan fingerprint density at radius 2 is 0.625 bits per heavy atom. The highest BCUT2D eigenvalue weighted by Gasteiger charge is 2.20. The van der Waals surface area contributed by atoms with Gasteiger partial charge in [-0.05, 0) is 83.5 Å². The summed E-state index contributed by atoms with van der Waals surface area (Å²) in [4.78, 5) is 24.6. The first kappa shape index (κ1) is 78.1. The highest BCUT2D eigenvalue weighted by Crippen LogP contribution is 2.19. The average Bonchev–Trinajstić information content (AvgIpc) is 3.46. The minimum Gasteiger partial charge on any atom is -0.466 e. The fourth-order valence-corrected chi connectivity index (χ4v) is 11.4. The van der Waals surface area contributed by atoms with Crippen LogP contribution < -0.4 is 5.32 Å². The molecule has 0 saturated heterocycles. The highest BCUT2D eigenvalue weighted by atomic mass is 16.5. The van der Waals surface area contributed by atoms with E-state index in [1.807, 2.05) is 0 Å². The maximum absolute atomic E-state index is 12.5. The number of rotatable bonds is 68. The largest absolute Gasteiger partial charge is 0.466 e. The van der Waals surface area contributed by atoms with Gasteiger partial charge >= 0.3 is 5.97 Å². The van der Waals surface area contributed by atoms with Crippen molar-refractivity contribution in [3.05, 3.63) is 36.5 Å². The van der Waals surface area contributed by atoms with Gasteiger partial charge in [0.1, 0.15) is 0 Å². The van der Waals surface area contributed by atoms with Crippen LogP contribution in [0.3, 0.4) is 0 Å². The Bertz CT molecular complexity index is 1300. The second-order valence-corrected chi connectivity index (χ2v) is 24.9. The van der Waals surface area contributed by atoms with Crippen molar-refractivity contribution in [2.75, 3.05) is 13.2 Å². The number of hydrogen-bond donors (Lipinski definition) is 3. The summed E-state index contributed by atoms with van der Waals surface area (Å²) < 4.78 is 5.51. The number of nitrogens with one attached hydrogen (secondary N) is 1. The van der Waals surface area contributed by atoms with E-state index >= 15 is 0 Å². The zero-order chi connectivity index (χ0) is 57.8. The molecule has 0 aromatic rings. The van der Waals surface area contributed by atoms with Gasteiger partial charge in [-0.15, -0.1) is 0 Å². The summed E-state index contributed by atoms with van der Waals surface area (Å²) in [6, 6.07) is -0.539. The minimum atomic E-state index is -0.661. The number of unbranched alkanes of at least 4 members (excludes halogenated alkanes) is 51. The van der Waals surface area contributed by atoms with Crippen molar-refractivity contribution in [3.63, 3.8) is 0 Å². The number of carbonyl (C=O) groups excluding carboxylic acids is 2. The predicted octanol–water partition coefficient (Wildman–Crippen LogP) is 23.5. The van der Waals surface area contributed by atoms with Gasteiger partial charge in [0.25, 0.3) is 0 Å². The Morgan fingerprint density at radius 3 is 0.963 bits per heavy atom. The molecule has 0 saturated carbocycles. The molecule has 0 bridgehead atoms. The van der Waals surface area contributed by atoms with Crippen molar-refractivity contribution >= 4 is 11.9 Å². The lowest BCUT2D eigenvalue weighted by Crippen LogP contribution is -2.45. The Kier molecular flexibility index (Phi) is 67.9. The van der Waals surface area contributed by atoms with E-state index in [0.29, 0.717) is 25.9 Å². The molecule has 0 radical (unpaired) electrons. The highest BCUT2D eigenvalue weighted by molar-refractivity contribution is 5.76. The fourth-order valence-electron chi connectivity index (χ4n) is 11.4. The van der Waals surface area contributed by atoms with E-state index in [9.17, 15) is 19.8 Å². The first-order valence-corrected chi connectivity index (χ1v) is 36.2. The first-order chi connectivity index (χ1) is 39.5. The lowest BCUT2D eigenvalue weighted by Gasteiger charge is -2.22. The fraction of sp³-hybridized carbons (Fsp3) is 0.892. The SMILES string of the molecule is CCCCCCCC/C=C\CCCCCCCCCCCC(=O)OCCCCCCCCCCC/C=C\C/C=C\CCCCCCCCCCCCCCCCCCCC(=O)NC(CO)C(O)CCCCCCCCCCCCC. The van der Waals surface area contributed by atoms with E-state index in [1.165, 1.54) is 321 Å². The molecular formula is C74H141NO5. The van der Waals surface area contributed by atoms with Gasteiger partial charge in [-0.25, -0.2) is 0 Å². The zero-order valence-corrected chi connectivity index (χ0v) is 54.1. The molecule has 0 aromatic heterocycles. The molecule has 0 rings (SSSR count). The van der Waals surface area contributed by atoms with E-state index in [-0.39, 0.29) is 18.5 Å². The van der Waals surface area contributed by atoms with Crippen molar-refractivity contribution in [3.8, 4) is 0 Å². The van der Waals surface area contributed by atoms with E-state index in [4.69, 9.17) is 4.74 Å². The topological polar surface area (TPSA) is 95.9 Å². The number of amides is 1. The third kappa shape index (κ3) is 65.2. The molecule has 6 heteroatoms. The lowest BCUT2D eigenvalue weighted by atomic mass is 10.0. The van der Waals surface area contributed by atoms with E-state index < -0.39 is 12.1 Å². The van der Waals surface area contributed by atoms with E-state index in [0.717, 1.165) is 44.9 Å². The molecule has 3 N–H and O–H groups in total. The van der Waals surface area contributed by atoms with Crippen LogP contribution in [0.25, 0.3) is 0 Å². The average molecular weight is 1120 g/mol. The molecule has 0 spiro atoms. The van der Waals surface area contributed by atoms with Crippen molar-refractivity contribution in [1.82, 2.24) is 5.32 Å². The van der Waals surface area contributed by atoms with Crippen molar-refractivity contribution in [1.29, 1.82) is 0 Å². The van der Waals surface area contributed by atoms with Crippen LogP contribution in [0.5, 0.6) is 0 Å². The molecule has 0 aliphatic carbocycles. The third-order valence-electron chi connectivity index (χ3n) is 16.9. The zero-order valence-electron chi connectivity index (χ0n) is 54.1. The van der Waals surface area contributed by atoms with Crippen LogP contribution in [0.4, 0.5) is 0 Å². The van der Waals surface area contributed by atoms with Gasteiger partial charge in [-0.1, -0.05) is 339 Å². The molecule has 0 aliphatic rings. The summed E-state index contributed by atoms with van der Waals surface area (Å²) in [6.45, 7) is 4.96. The van der Waals surface area contributed by atoms with Gasteiger partial charge in [-0.2, -0.15) is 0 Å².